The van der Waals surface area contributed by atoms with E-state index in [1.165, 1.54) is 17.1 Å². The van der Waals surface area contributed by atoms with Crippen LogP contribution >= 0.6 is 11.9 Å². The van der Waals surface area contributed by atoms with Crippen molar-refractivity contribution in [3.63, 3.8) is 0 Å². The van der Waals surface area contributed by atoms with Crippen LogP contribution in [0, 0.1) is 0 Å². The SMILES string of the molecule is COc1ccc(CN(N)/N=C(\N)c2ccc(SNCCO)cc2)cc1. The molecule has 0 radical (unpaired) electrons. The van der Waals surface area contributed by atoms with Crippen LogP contribution in [0.15, 0.2) is 58.5 Å². The van der Waals surface area contributed by atoms with Gasteiger partial charge in [-0.05, 0) is 41.8 Å². The van der Waals surface area contributed by atoms with E-state index >= 15 is 0 Å². The minimum Gasteiger partial charge on any atom is -0.497 e. The van der Waals surface area contributed by atoms with Crippen molar-refractivity contribution in [1.82, 2.24) is 9.84 Å². The number of benzene rings is 2. The van der Waals surface area contributed by atoms with Crippen LogP contribution in [-0.2, 0) is 6.54 Å². The Balaban J connectivity index is 1.94. The highest BCUT2D eigenvalue weighted by molar-refractivity contribution is 7.97. The largest absolute Gasteiger partial charge is 0.497 e. The molecular formula is C17H23N5O2S. The Morgan fingerprint density at radius 3 is 2.48 bits per heavy atom. The summed E-state index contributed by atoms with van der Waals surface area (Å²) >= 11 is 1.45. The standard InChI is InChI=1S/C17H23N5O2S/c1-24-15-6-2-13(3-7-15)12-22(19)21-17(18)14-4-8-16(9-5-14)25-20-10-11-23/h2-9,20,23H,10-12,19H2,1H3,(H2,18,21). The Morgan fingerprint density at radius 2 is 1.88 bits per heavy atom. The Hall–Kier alpha value is -2.26. The molecule has 0 aliphatic heterocycles. The van der Waals surface area contributed by atoms with Crippen LogP contribution < -0.4 is 21.0 Å². The zero-order valence-corrected chi connectivity index (χ0v) is 14.9. The Morgan fingerprint density at radius 1 is 1.20 bits per heavy atom. The molecule has 0 aliphatic carbocycles. The number of amidine groups is 1. The number of rotatable bonds is 9. The first-order valence-electron chi connectivity index (χ1n) is 7.72. The highest BCUT2D eigenvalue weighted by atomic mass is 32.2. The van der Waals surface area contributed by atoms with Crippen LogP contribution in [0.1, 0.15) is 11.1 Å². The van der Waals surface area contributed by atoms with Gasteiger partial charge in [-0.3, -0.25) is 4.72 Å². The van der Waals surface area contributed by atoms with Crippen LogP contribution in [0.5, 0.6) is 5.75 Å². The van der Waals surface area contributed by atoms with Crippen molar-refractivity contribution in [3.8, 4) is 5.75 Å². The molecule has 0 fully saturated rings. The fraction of sp³-hybridized carbons (Fsp3) is 0.235. The van der Waals surface area contributed by atoms with Gasteiger partial charge in [-0.15, -0.1) is 5.10 Å². The summed E-state index contributed by atoms with van der Waals surface area (Å²) in [5.41, 5.74) is 7.81. The number of hydrogen-bond donors (Lipinski definition) is 4. The second-order valence-corrected chi connectivity index (χ2v) is 6.14. The number of hydrogen-bond acceptors (Lipinski definition) is 7. The number of ether oxygens (including phenoxy) is 1. The Kier molecular flexibility index (Phi) is 7.55. The molecule has 0 saturated heterocycles. The number of aliphatic hydroxyl groups is 1. The topological polar surface area (TPSA) is 109 Å². The molecule has 0 atom stereocenters. The normalized spacial score (nSPS) is 11.4. The molecule has 0 heterocycles. The van der Waals surface area contributed by atoms with E-state index in [-0.39, 0.29) is 6.61 Å². The zero-order valence-electron chi connectivity index (χ0n) is 14.1. The van der Waals surface area contributed by atoms with Gasteiger partial charge in [-0.1, -0.05) is 24.3 Å². The molecular weight excluding hydrogens is 338 g/mol. The third kappa shape index (κ3) is 6.28. The van der Waals surface area contributed by atoms with Crippen molar-refractivity contribution >= 4 is 17.8 Å². The molecule has 0 bridgehead atoms. The maximum atomic E-state index is 8.75. The molecule has 2 aromatic carbocycles. The lowest BCUT2D eigenvalue weighted by Crippen LogP contribution is -2.29. The monoisotopic (exact) mass is 361 g/mol. The summed E-state index contributed by atoms with van der Waals surface area (Å²) in [5, 5.41) is 14.3. The average molecular weight is 361 g/mol. The van der Waals surface area contributed by atoms with Crippen LogP contribution in [0.2, 0.25) is 0 Å². The molecule has 7 nitrogen and oxygen atoms in total. The summed E-state index contributed by atoms with van der Waals surface area (Å²) in [6.07, 6.45) is 0. The summed E-state index contributed by atoms with van der Waals surface area (Å²) in [7, 11) is 1.63. The molecule has 2 aromatic rings. The number of hydrazine groups is 1. The van der Waals surface area contributed by atoms with Gasteiger partial charge in [0.25, 0.3) is 0 Å². The molecule has 2 rings (SSSR count). The summed E-state index contributed by atoms with van der Waals surface area (Å²) in [6, 6.07) is 15.2. The number of nitrogens with zero attached hydrogens (tertiary/aromatic N) is 2. The predicted molar refractivity (Wildman–Crippen MR) is 101 cm³/mol. The summed E-state index contributed by atoms with van der Waals surface area (Å²) in [6.45, 7) is 1.07. The van der Waals surface area contributed by atoms with Crippen LogP contribution in [0.25, 0.3) is 0 Å². The fourth-order valence-electron chi connectivity index (χ4n) is 2.02. The maximum absolute atomic E-state index is 8.75. The molecule has 0 spiro atoms. The third-order valence-corrected chi connectivity index (χ3v) is 4.15. The quantitative estimate of drug-likeness (QED) is 0.133. The van der Waals surface area contributed by atoms with Crippen molar-refractivity contribution in [2.24, 2.45) is 16.7 Å². The first-order chi connectivity index (χ1) is 12.1. The number of nitrogens with one attached hydrogen (secondary N) is 1. The van der Waals surface area contributed by atoms with Gasteiger partial charge in [-0.2, -0.15) is 0 Å². The van der Waals surface area contributed by atoms with E-state index in [9.17, 15) is 0 Å². The van der Waals surface area contributed by atoms with E-state index in [0.29, 0.717) is 18.9 Å². The highest BCUT2D eigenvalue weighted by Gasteiger charge is 2.03. The Bertz CT molecular complexity index is 676. The van der Waals surface area contributed by atoms with Gasteiger partial charge < -0.3 is 15.6 Å². The van der Waals surface area contributed by atoms with Crippen molar-refractivity contribution in [3.05, 3.63) is 59.7 Å². The van der Waals surface area contributed by atoms with E-state index < -0.39 is 0 Å². The molecule has 0 aliphatic rings. The lowest BCUT2D eigenvalue weighted by molar-refractivity contribution is 0.290. The molecule has 0 amide bonds. The number of aliphatic hydroxyl groups excluding tert-OH is 1. The lowest BCUT2D eigenvalue weighted by Gasteiger charge is -2.14. The van der Waals surface area contributed by atoms with Gasteiger partial charge in [-0.25, -0.2) is 11.0 Å². The van der Waals surface area contributed by atoms with Crippen molar-refractivity contribution in [1.29, 1.82) is 0 Å². The summed E-state index contributed by atoms with van der Waals surface area (Å²) in [4.78, 5) is 1.02. The second kappa shape index (κ2) is 9.90. The van der Waals surface area contributed by atoms with E-state index in [4.69, 9.17) is 21.4 Å². The second-order valence-electron chi connectivity index (χ2n) is 5.18. The van der Waals surface area contributed by atoms with Crippen molar-refractivity contribution in [2.75, 3.05) is 20.3 Å². The molecule has 0 saturated carbocycles. The van der Waals surface area contributed by atoms with E-state index in [2.05, 4.69) is 9.82 Å². The first-order valence-corrected chi connectivity index (χ1v) is 8.54. The first kappa shape index (κ1) is 19.1. The summed E-state index contributed by atoms with van der Waals surface area (Å²) in [5.74, 6) is 7.06. The van der Waals surface area contributed by atoms with Gasteiger partial charge in [0.15, 0.2) is 5.84 Å². The third-order valence-electron chi connectivity index (χ3n) is 3.29. The maximum Gasteiger partial charge on any atom is 0.152 e. The Labute approximate surface area is 151 Å². The summed E-state index contributed by atoms with van der Waals surface area (Å²) < 4.78 is 8.16. The lowest BCUT2D eigenvalue weighted by atomic mass is 10.2. The minimum atomic E-state index is 0.102. The molecule has 0 unspecified atom stereocenters. The van der Waals surface area contributed by atoms with Crippen molar-refractivity contribution in [2.45, 2.75) is 11.4 Å². The highest BCUT2D eigenvalue weighted by Crippen LogP contribution is 2.15. The minimum absolute atomic E-state index is 0.102. The predicted octanol–water partition coefficient (Wildman–Crippen LogP) is 1.28. The van der Waals surface area contributed by atoms with E-state index in [1.54, 1.807) is 7.11 Å². The van der Waals surface area contributed by atoms with Crippen LogP contribution in [0.3, 0.4) is 0 Å². The number of nitrogens with two attached hydrogens (primary N) is 2. The molecule has 134 valence electrons. The molecule has 0 aromatic heterocycles. The number of methoxy groups -OCH3 is 1. The van der Waals surface area contributed by atoms with E-state index in [0.717, 1.165) is 21.8 Å². The van der Waals surface area contributed by atoms with Crippen LogP contribution in [-0.4, -0.2) is 36.3 Å². The van der Waals surface area contributed by atoms with Gasteiger partial charge >= 0.3 is 0 Å². The van der Waals surface area contributed by atoms with E-state index in [1.807, 2.05) is 48.5 Å². The van der Waals surface area contributed by atoms with Gasteiger partial charge in [0.05, 0.1) is 20.3 Å². The smallest absolute Gasteiger partial charge is 0.152 e. The number of hydrazone groups is 1. The molecule has 6 N–H and O–H groups in total. The molecule has 25 heavy (non-hydrogen) atoms. The average Bonchev–Trinajstić information content (AvgIpc) is 2.63. The molecule has 8 heteroatoms. The zero-order chi connectivity index (χ0) is 18.1. The van der Waals surface area contributed by atoms with Gasteiger partial charge in [0, 0.05) is 17.0 Å². The fourth-order valence-corrected chi connectivity index (χ4v) is 2.66. The van der Waals surface area contributed by atoms with Crippen LogP contribution in [0.4, 0.5) is 0 Å². The van der Waals surface area contributed by atoms with Gasteiger partial charge in [0.2, 0.25) is 0 Å². The van der Waals surface area contributed by atoms with Gasteiger partial charge in [0.1, 0.15) is 5.75 Å². The van der Waals surface area contributed by atoms with Crippen molar-refractivity contribution < 1.29 is 9.84 Å².